The van der Waals surface area contributed by atoms with Crippen LogP contribution in [-0.2, 0) is 6.54 Å². The number of benzene rings is 2. The van der Waals surface area contributed by atoms with Gasteiger partial charge in [-0.05, 0) is 48.7 Å². The highest BCUT2D eigenvalue weighted by molar-refractivity contribution is 6.31. The van der Waals surface area contributed by atoms with Crippen LogP contribution in [0.3, 0.4) is 0 Å². The fraction of sp³-hybridized carbons (Fsp3) is 0.316. The molecule has 2 N–H and O–H groups in total. The monoisotopic (exact) mass is 416 g/mol. The number of hydrogen-bond acceptors (Lipinski definition) is 3. The number of rotatable bonds is 6. The molecular weight excluding hydrogens is 400 g/mol. The van der Waals surface area contributed by atoms with Crippen LogP contribution in [0.15, 0.2) is 42.5 Å². The van der Waals surface area contributed by atoms with E-state index in [-0.39, 0.29) is 28.4 Å². The lowest BCUT2D eigenvalue weighted by molar-refractivity contribution is -0.274. The third kappa shape index (κ3) is 5.84. The van der Waals surface area contributed by atoms with Gasteiger partial charge in [0, 0.05) is 29.2 Å². The quantitative estimate of drug-likeness (QED) is 0.685. The van der Waals surface area contributed by atoms with Crippen molar-refractivity contribution in [3.8, 4) is 5.75 Å². The fourth-order valence-corrected chi connectivity index (χ4v) is 3.19. The summed E-state index contributed by atoms with van der Waals surface area (Å²) in [6, 6.07) is 9.44. The average molecular weight is 417 g/mol. The van der Waals surface area contributed by atoms with Gasteiger partial charge in [0.1, 0.15) is 11.6 Å². The molecule has 0 aliphatic heterocycles. The average Bonchev–Trinajstić information content (AvgIpc) is 2.54. The summed E-state index contributed by atoms with van der Waals surface area (Å²) >= 11 is 5.75. The van der Waals surface area contributed by atoms with Gasteiger partial charge in [-0.25, -0.2) is 4.39 Å². The van der Waals surface area contributed by atoms with Gasteiger partial charge in [0.15, 0.2) is 0 Å². The van der Waals surface area contributed by atoms with E-state index >= 15 is 0 Å². The van der Waals surface area contributed by atoms with Crippen molar-refractivity contribution in [2.75, 3.05) is 0 Å². The third-order valence-electron chi connectivity index (χ3n) is 4.32. The summed E-state index contributed by atoms with van der Waals surface area (Å²) in [4.78, 5) is 12.1. The highest BCUT2D eigenvalue weighted by atomic mass is 35.5. The number of carbonyl (C=O) groups excluding carboxylic acids is 1. The number of carbonyl (C=O) groups is 1. The molecule has 28 heavy (non-hydrogen) atoms. The van der Waals surface area contributed by atoms with Crippen LogP contribution >= 0.6 is 11.6 Å². The Morgan fingerprint density at radius 3 is 2.57 bits per heavy atom. The van der Waals surface area contributed by atoms with E-state index in [0.29, 0.717) is 24.9 Å². The van der Waals surface area contributed by atoms with E-state index in [2.05, 4.69) is 15.4 Å². The molecule has 0 unspecified atom stereocenters. The van der Waals surface area contributed by atoms with Gasteiger partial charge in [0.25, 0.3) is 5.91 Å². The Balaban J connectivity index is 1.44. The summed E-state index contributed by atoms with van der Waals surface area (Å²) in [6.45, 7) is 0.375. The molecule has 4 nitrogen and oxygen atoms in total. The van der Waals surface area contributed by atoms with Gasteiger partial charge < -0.3 is 15.4 Å². The summed E-state index contributed by atoms with van der Waals surface area (Å²) in [5.74, 6) is -1.25. The van der Waals surface area contributed by atoms with Crippen molar-refractivity contribution in [1.82, 2.24) is 10.6 Å². The molecule has 0 bridgehead atoms. The molecule has 2 aromatic carbocycles. The first-order chi connectivity index (χ1) is 13.2. The van der Waals surface area contributed by atoms with Crippen LogP contribution in [0.1, 0.15) is 28.8 Å². The van der Waals surface area contributed by atoms with E-state index < -0.39 is 18.1 Å². The molecule has 2 aromatic rings. The van der Waals surface area contributed by atoms with E-state index in [9.17, 15) is 22.4 Å². The molecule has 1 aliphatic rings. The van der Waals surface area contributed by atoms with Gasteiger partial charge in [0.2, 0.25) is 0 Å². The van der Waals surface area contributed by atoms with Crippen molar-refractivity contribution < 1.29 is 27.1 Å². The lowest BCUT2D eigenvalue weighted by Crippen LogP contribution is -2.52. The highest BCUT2D eigenvalue weighted by Crippen LogP contribution is 2.25. The molecule has 0 spiro atoms. The molecule has 0 saturated heterocycles. The van der Waals surface area contributed by atoms with Gasteiger partial charge >= 0.3 is 6.36 Å². The number of alkyl halides is 3. The maximum absolute atomic E-state index is 13.3. The van der Waals surface area contributed by atoms with Gasteiger partial charge in [-0.1, -0.05) is 23.7 Å². The van der Waals surface area contributed by atoms with Crippen LogP contribution < -0.4 is 15.4 Å². The molecule has 0 radical (unpaired) electrons. The number of halogens is 5. The summed E-state index contributed by atoms with van der Waals surface area (Å²) in [7, 11) is 0. The van der Waals surface area contributed by atoms with Crippen molar-refractivity contribution in [3.05, 3.63) is 64.4 Å². The normalized spacial score (nSPS) is 19.0. The minimum atomic E-state index is -4.72. The number of hydrogen-bond donors (Lipinski definition) is 2. The molecule has 9 heteroatoms. The minimum absolute atomic E-state index is 0.0630. The highest BCUT2D eigenvalue weighted by Gasteiger charge is 2.32. The molecule has 1 aliphatic carbocycles. The first-order valence-electron chi connectivity index (χ1n) is 8.53. The van der Waals surface area contributed by atoms with Crippen LogP contribution in [0.25, 0.3) is 0 Å². The number of amides is 1. The maximum Gasteiger partial charge on any atom is 0.573 e. The number of nitrogens with one attached hydrogen (secondary N) is 2. The first kappa shape index (κ1) is 20.4. The zero-order chi connectivity index (χ0) is 20.3. The Morgan fingerprint density at radius 2 is 1.89 bits per heavy atom. The first-order valence-corrected chi connectivity index (χ1v) is 8.91. The molecule has 1 amide bonds. The van der Waals surface area contributed by atoms with E-state index in [1.165, 1.54) is 24.3 Å². The molecule has 0 aromatic heterocycles. The lowest BCUT2D eigenvalue weighted by atomic mass is 9.86. The third-order valence-corrected chi connectivity index (χ3v) is 4.54. The molecule has 0 heterocycles. The zero-order valence-corrected chi connectivity index (χ0v) is 15.3. The Bertz CT molecular complexity index is 834. The van der Waals surface area contributed by atoms with Crippen LogP contribution in [0.2, 0.25) is 5.02 Å². The van der Waals surface area contributed by atoms with Crippen molar-refractivity contribution in [3.63, 3.8) is 0 Å². The van der Waals surface area contributed by atoms with Crippen LogP contribution in [0.4, 0.5) is 17.6 Å². The van der Waals surface area contributed by atoms with Gasteiger partial charge in [-0.3, -0.25) is 4.79 Å². The predicted molar refractivity (Wildman–Crippen MR) is 95.7 cm³/mol. The Kier molecular flexibility index (Phi) is 6.10. The molecule has 1 fully saturated rings. The summed E-state index contributed by atoms with van der Waals surface area (Å²) in [5, 5.41) is 6.17. The SMILES string of the molecule is O=C(N[C@H]1C[C@H](NCc2cccc(OC(F)(F)F)c2)C1)c1cc(F)cc(Cl)c1. The molecule has 3 rings (SSSR count). The zero-order valence-electron chi connectivity index (χ0n) is 14.5. The van der Waals surface area contributed by atoms with Crippen molar-refractivity contribution in [2.24, 2.45) is 0 Å². The molecule has 150 valence electrons. The van der Waals surface area contributed by atoms with E-state index in [1.54, 1.807) is 6.07 Å². The molecular formula is C19H17ClF4N2O2. The van der Waals surface area contributed by atoms with Crippen molar-refractivity contribution in [2.45, 2.75) is 37.8 Å². The fourth-order valence-electron chi connectivity index (χ4n) is 2.97. The predicted octanol–water partition coefficient (Wildman–Crippen LogP) is 4.43. The second-order valence-electron chi connectivity index (χ2n) is 6.57. The maximum atomic E-state index is 13.3. The minimum Gasteiger partial charge on any atom is -0.406 e. The summed E-state index contributed by atoms with van der Waals surface area (Å²) < 4.78 is 54.0. The largest absolute Gasteiger partial charge is 0.573 e. The van der Waals surface area contributed by atoms with Gasteiger partial charge in [-0.15, -0.1) is 13.2 Å². The number of ether oxygens (including phenoxy) is 1. The Labute approximate surface area is 163 Å². The Hall–Kier alpha value is -2.32. The van der Waals surface area contributed by atoms with Crippen molar-refractivity contribution >= 4 is 17.5 Å². The Morgan fingerprint density at radius 1 is 1.14 bits per heavy atom. The van der Waals surface area contributed by atoms with E-state index in [0.717, 1.165) is 12.1 Å². The van der Waals surface area contributed by atoms with Crippen LogP contribution in [0.5, 0.6) is 5.75 Å². The van der Waals surface area contributed by atoms with Crippen molar-refractivity contribution in [1.29, 1.82) is 0 Å². The van der Waals surface area contributed by atoms with Gasteiger partial charge in [0.05, 0.1) is 0 Å². The van der Waals surface area contributed by atoms with Crippen LogP contribution in [0, 0.1) is 5.82 Å². The summed E-state index contributed by atoms with van der Waals surface area (Å²) in [6.07, 6.45) is -3.40. The topological polar surface area (TPSA) is 50.4 Å². The van der Waals surface area contributed by atoms with E-state index in [1.807, 2.05) is 0 Å². The molecule has 1 saturated carbocycles. The van der Waals surface area contributed by atoms with Crippen LogP contribution in [-0.4, -0.2) is 24.4 Å². The second-order valence-corrected chi connectivity index (χ2v) is 7.01. The smallest absolute Gasteiger partial charge is 0.406 e. The standard InChI is InChI=1S/C19H17ClF4N2O2/c20-13-5-12(6-14(21)7-13)18(27)26-16-8-15(9-16)25-10-11-2-1-3-17(4-11)28-19(22,23)24/h1-7,15-16,25H,8-10H2,(H,26,27)/t15-,16-. The summed E-state index contributed by atoms with van der Waals surface area (Å²) in [5.41, 5.74) is 0.812. The second kappa shape index (κ2) is 8.36. The lowest BCUT2D eigenvalue weighted by Gasteiger charge is -2.36. The molecule has 0 atom stereocenters. The van der Waals surface area contributed by atoms with Gasteiger partial charge in [-0.2, -0.15) is 0 Å². The van der Waals surface area contributed by atoms with E-state index in [4.69, 9.17) is 11.6 Å².